The van der Waals surface area contributed by atoms with Crippen LogP contribution in [0.15, 0.2) is 44.7 Å². The zero-order chi connectivity index (χ0) is 21.7. The zero-order valence-corrected chi connectivity index (χ0v) is 18.7. The van der Waals surface area contributed by atoms with Gasteiger partial charge >= 0.3 is 0 Å². The van der Waals surface area contributed by atoms with E-state index in [4.69, 9.17) is 26.3 Å². The van der Waals surface area contributed by atoms with Crippen molar-refractivity contribution < 1.29 is 9.47 Å². The normalized spacial score (nSPS) is 11.0. The van der Waals surface area contributed by atoms with Crippen molar-refractivity contribution in [2.75, 3.05) is 13.7 Å². The summed E-state index contributed by atoms with van der Waals surface area (Å²) >= 11 is 9.56. The van der Waals surface area contributed by atoms with Crippen LogP contribution >= 0.6 is 27.5 Å². The first-order valence-electron chi connectivity index (χ1n) is 9.11. The van der Waals surface area contributed by atoms with Crippen LogP contribution in [0.25, 0.3) is 10.9 Å². The SMILES string of the molecule is CCCc1nc2ccc(Br)cc2c(=O)n1N=Cc1cc(Cl)cc(OC)c1OCC#N. The molecule has 0 radical (unpaired) electrons. The maximum atomic E-state index is 13.1. The fourth-order valence-corrected chi connectivity index (χ4v) is 3.49. The van der Waals surface area contributed by atoms with Crippen LogP contribution in [0, 0.1) is 11.3 Å². The molecular formula is C21H18BrClN4O3. The zero-order valence-electron chi connectivity index (χ0n) is 16.4. The van der Waals surface area contributed by atoms with Crippen molar-refractivity contribution >= 4 is 44.6 Å². The lowest BCUT2D eigenvalue weighted by molar-refractivity contribution is 0.329. The summed E-state index contributed by atoms with van der Waals surface area (Å²) < 4.78 is 12.9. The van der Waals surface area contributed by atoms with Crippen LogP contribution in [0.5, 0.6) is 11.5 Å². The summed E-state index contributed by atoms with van der Waals surface area (Å²) in [5.41, 5.74) is 0.799. The molecule has 0 N–H and O–H groups in total. The molecule has 30 heavy (non-hydrogen) atoms. The topological polar surface area (TPSA) is 89.5 Å². The van der Waals surface area contributed by atoms with Gasteiger partial charge in [-0.2, -0.15) is 15.0 Å². The Morgan fingerprint density at radius 1 is 1.37 bits per heavy atom. The predicted octanol–water partition coefficient (Wildman–Crippen LogP) is 4.56. The maximum Gasteiger partial charge on any atom is 0.282 e. The number of benzene rings is 2. The van der Waals surface area contributed by atoms with Gasteiger partial charge in [0, 0.05) is 27.5 Å². The number of nitriles is 1. The van der Waals surface area contributed by atoms with Crippen LogP contribution in [0.2, 0.25) is 5.02 Å². The van der Waals surface area contributed by atoms with Gasteiger partial charge in [-0.05, 0) is 30.7 Å². The van der Waals surface area contributed by atoms with Gasteiger partial charge in [0.25, 0.3) is 5.56 Å². The Kier molecular flexibility index (Phi) is 7.08. The van der Waals surface area contributed by atoms with Gasteiger partial charge in [-0.15, -0.1) is 0 Å². The molecule has 0 aliphatic rings. The van der Waals surface area contributed by atoms with Crippen LogP contribution in [-0.2, 0) is 6.42 Å². The van der Waals surface area contributed by atoms with E-state index in [1.54, 1.807) is 24.3 Å². The first-order chi connectivity index (χ1) is 14.5. The summed E-state index contributed by atoms with van der Waals surface area (Å²) in [6, 6.07) is 10.5. The number of fused-ring (bicyclic) bond motifs is 1. The quantitative estimate of drug-likeness (QED) is 0.454. The largest absolute Gasteiger partial charge is 0.493 e. The first kappa shape index (κ1) is 21.8. The number of hydrogen-bond donors (Lipinski definition) is 0. The molecular weight excluding hydrogens is 472 g/mol. The molecule has 154 valence electrons. The fraction of sp³-hybridized carbons (Fsp3) is 0.238. The van der Waals surface area contributed by atoms with E-state index in [1.807, 2.05) is 19.1 Å². The minimum Gasteiger partial charge on any atom is -0.493 e. The second kappa shape index (κ2) is 9.74. The lowest BCUT2D eigenvalue weighted by Gasteiger charge is -2.12. The Labute approximate surface area is 186 Å². The lowest BCUT2D eigenvalue weighted by Crippen LogP contribution is -2.22. The molecule has 0 aliphatic carbocycles. The highest BCUT2D eigenvalue weighted by Crippen LogP contribution is 2.34. The highest BCUT2D eigenvalue weighted by atomic mass is 79.9. The summed E-state index contributed by atoms with van der Waals surface area (Å²) in [7, 11) is 1.47. The van der Waals surface area contributed by atoms with E-state index in [2.05, 4.69) is 26.0 Å². The Morgan fingerprint density at radius 3 is 2.87 bits per heavy atom. The predicted molar refractivity (Wildman–Crippen MR) is 120 cm³/mol. The summed E-state index contributed by atoms with van der Waals surface area (Å²) in [6.07, 6.45) is 2.83. The van der Waals surface area contributed by atoms with Gasteiger partial charge in [0.1, 0.15) is 11.9 Å². The molecule has 0 saturated carbocycles. The molecule has 0 amide bonds. The molecule has 0 bridgehead atoms. The summed E-state index contributed by atoms with van der Waals surface area (Å²) in [5, 5.41) is 14.1. The van der Waals surface area contributed by atoms with E-state index in [9.17, 15) is 4.79 Å². The summed E-state index contributed by atoms with van der Waals surface area (Å²) in [4.78, 5) is 17.7. The van der Waals surface area contributed by atoms with Crippen LogP contribution in [0.4, 0.5) is 0 Å². The minimum atomic E-state index is -0.283. The number of rotatable bonds is 7. The first-order valence-corrected chi connectivity index (χ1v) is 10.3. The van der Waals surface area contributed by atoms with E-state index >= 15 is 0 Å². The smallest absolute Gasteiger partial charge is 0.282 e. The number of aromatic nitrogens is 2. The summed E-state index contributed by atoms with van der Waals surface area (Å²) in [6.45, 7) is 1.83. The highest BCUT2D eigenvalue weighted by molar-refractivity contribution is 9.10. The third-order valence-corrected chi connectivity index (χ3v) is 4.92. The monoisotopic (exact) mass is 488 g/mol. The van der Waals surface area contributed by atoms with E-state index in [-0.39, 0.29) is 12.2 Å². The van der Waals surface area contributed by atoms with Gasteiger partial charge < -0.3 is 9.47 Å². The van der Waals surface area contributed by atoms with Gasteiger partial charge in [0.05, 0.1) is 24.2 Å². The molecule has 3 rings (SSSR count). The Bertz CT molecular complexity index is 1220. The van der Waals surface area contributed by atoms with E-state index in [0.717, 1.165) is 10.9 Å². The van der Waals surface area contributed by atoms with Crippen molar-refractivity contribution in [2.45, 2.75) is 19.8 Å². The number of hydrogen-bond acceptors (Lipinski definition) is 6. The molecule has 0 aliphatic heterocycles. The molecule has 0 atom stereocenters. The molecule has 3 aromatic rings. The van der Waals surface area contributed by atoms with Crippen molar-refractivity contribution in [3.05, 3.63) is 61.6 Å². The van der Waals surface area contributed by atoms with E-state index in [1.165, 1.54) is 18.0 Å². The van der Waals surface area contributed by atoms with Gasteiger partial charge in [-0.3, -0.25) is 4.79 Å². The summed E-state index contributed by atoms with van der Waals surface area (Å²) in [5.74, 6) is 1.22. The maximum absolute atomic E-state index is 13.1. The van der Waals surface area contributed by atoms with E-state index < -0.39 is 0 Å². The van der Waals surface area contributed by atoms with Crippen molar-refractivity contribution in [3.8, 4) is 17.6 Å². The van der Waals surface area contributed by atoms with Crippen molar-refractivity contribution in [3.63, 3.8) is 0 Å². The van der Waals surface area contributed by atoms with Gasteiger partial charge in [-0.1, -0.05) is 34.5 Å². The van der Waals surface area contributed by atoms with Crippen molar-refractivity contribution in [1.29, 1.82) is 5.26 Å². The van der Waals surface area contributed by atoms with E-state index in [0.29, 0.717) is 45.2 Å². The molecule has 0 unspecified atom stereocenters. The number of ether oxygens (including phenoxy) is 2. The van der Waals surface area contributed by atoms with Crippen LogP contribution < -0.4 is 15.0 Å². The molecule has 1 heterocycles. The number of nitrogens with zero attached hydrogens (tertiary/aromatic N) is 4. The molecule has 0 fully saturated rings. The highest BCUT2D eigenvalue weighted by Gasteiger charge is 2.14. The Balaban J connectivity index is 2.17. The van der Waals surface area contributed by atoms with Crippen molar-refractivity contribution in [2.24, 2.45) is 5.10 Å². The molecule has 9 heteroatoms. The molecule has 0 saturated heterocycles. The fourth-order valence-electron chi connectivity index (χ4n) is 2.91. The Hall–Kier alpha value is -2.89. The Morgan fingerprint density at radius 2 is 2.17 bits per heavy atom. The average molecular weight is 490 g/mol. The second-order valence-electron chi connectivity index (χ2n) is 6.27. The van der Waals surface area contributed by atoms with Crippen LogP contribution in [0.3, 0.4) is 0 Å². The standard InChI is InChI=1S/C21H18BrClN4O3/c1-3-4-19-26-17-6-5-14(22)10-16(17)21(28)27(19)25-12-13-9-15(23)11-18(29-2)20(13)30-8-7-24/h5-6,9-12H,3-4,8H2,1-2H3. The third-order valence-electron chi connectivity index (χ3n) is 4.21. The molecule has 7 nitrogen and oxygen atoms in total. The van der Waals surface area contributed by atoms with Gasteiger partial charge in [0.2, 0.25) is 0 Å². The second-order valence-corrected chi connectivity index (χ2v) is 7.63. The number of methoxy groups -OCH3 is 1. The average Bonchev–Trinajstić information content (AvgIpc) is 2.73. The molecule has 2 aromatic carbocycles. The van der Waals surface area contributed by atoms with Crippen LogP contribution in [-0.4, -0.2) is 29.6 Å². The van der Waals surface area contributed by atoms with Crippen LogP contribution in [0.1, 0.15) is 24.7 Å². The lowest BCUT2D eigenvalue weighted by atomic mass is 10.2. The third kappa shape index (κ3) is 4.64. The molecule has 0 spiro atoms. The number of aryl methyl sites for hydroxylation is 1. The number of halogens is 2. The molecule has 1 aromatic heterocycles. The minimum absolute atomic E-state index is 0.175. The van der Waals surface area contributed by atoms with Crippen molar-refractivity contribution in [1.82, 2.24) is 9.66 Å². The van der Waals surface area contributed by atoms with Gasteiger partial charge in [0.15, 0.2) is 18.1 Å². The van der Waals surface area contributed by atoms with Gasteiger partial charge in [-0.25, -0.2) is 4.98 Å².